The minimum atomic E-state index is 0.538. The van der Waals surface area contributed by atoms with E-state index >= 15 is 0 Å². The average Bonchev–Trinajstić information content (AvgIpc) is 2.49. The Hall–Kier alpha value is -0.990. The Kier molecular flexibility index (Phi) is 4.09. The van der Waals surface area contributed by atoms with E-state index in [-0.39, 0.29) is 0 Å². The molecular formula is C17H15BrS. The van der Waals surface area contributed by atoms with Crippen LogP contribution in [0.4, 0.5) is 0 Å². The van der Waals surface area contributed by atoms with Gasteiger partial charge in [-0.3, -0.25) is 0 Å². The molecule has 2 atom stereocenters. The Labute approximate surface area is 127 Å². The SMILES string of the molecule is Brc1ccc([C@H]2C[C@@H](c3ccccc3)C=CS2)cc1. The van der Waals surface area contributed by atoms with Gasteiger partial charge in [0.2, 0.25) is 0 Å². The predicted octanol–water partition coefficient (Wildman–Crippen LogP) is 5.92. The Bertz CT molecular complexity index is 560. The smallest absolute Gasteiger partial charge is 0.0347 e. The number of halogens is 1. The van der Waals surface area contributed by atoms with Gasteiger partial charge in [0.1, 0.15) is 0 Å². The van der Waals surface area contributed by atoms with Crippen LogP contribution < -0.4 is 0 Å². The Balaban J connectivity index is 1.80. The van der Waals surface area contributed by atoms with Crippen LogP contribution >= 0.6 is 27.7 Å². The molecule has 3 rings (SSSR count). The zero-order valence-electron chi connectivity index (χ0n) is 10.5. The molecule has 0 nitrogen and oxygen atoms in total. The van der Waals surface area contributed by atoms with Crippen molar-refractivity contribution in [2.24, 2.45) is 0 Å². The molecule has 0 fully saturated rings. The van der Waals surface area contributed by atoms with Crippen LogP contribution in [0.5, 0.6) is 0 Å². The number of hydrogen-bond acceptors (Lipinski definition) is 1. The van der Waals surface area contributed by atoms with Gasteiger partial charge in [0.05, 0.1) is 0 Å². The second-order valence-electron chi connectivity index (χ2n) is 4.76. The van der Waals surface area contributed by atoms with Crippen molar-refractivity contribution < 1.29 is 0 Å². The number of rotatable bonds is 2. The summed E-state index contributed by atoms with van der Waals surface area (Å²) in [6, 6.07) is 19.5. The molecular weight excluding hydrogens is 316 g/mol. The molecule has 19 heavy (non-hydrogen) atoms. The first kappa shape index (κ1) is 13.0. The number of benzene rings is 2. The summed E-state index contributed by atoms with van der Waals surface area (Å²) in [5.41, 5.74) is 2.83. The molecule has 0 saturated heterocycles. The van der Waals surface area contributed by atoms with Gasteiger partial charge in [-0.05, 0) is 35.1 Å². The topological polar surface area (TPSA) is 0 Å². The number of hydrogen-bond donors (Lipinski definition) is 0. The van der Waals surface area contributed by atoms with Gasteiger partial charge in [0.25, 0.3) is 0 Å². The highest BCUT2D eigenvalue weighted by Crippen LogP contribution is 2.43. The fraction of sp³-hybridized carbons (Fsp3) is 0.176. The first-order valence-corrected chi connectivity index (χ1v) is 8.19. The zero-order chi connectivity index (χ0) is 13.1. The molecule has 2 aromatic rings. The van der Waals surface area contributed by atoms with E-state index in [1.54, 1.807) is 0 Å². The summed E-state index contributed by atoms with van der Waals surface area (Å²) in [6.45, 7) is 0. The lowest BCUT2D eigenvalue weighted by Gasteiger charge is -2.25. The number of allylic oxidation sites excluding steroid dienone is 1. The first-order valence-electron chi connectivity index (χ1n) is 6.45. The fourth-order valence-corrected chi connectivity index (χ4v) is 3.81. The van der Waals surface area contributed by atoms with E-state index in [4.69, 9.17) is 0 Å². The summed E-state index contributed by atoms with van der Waals surface area (Å²) in [7, 11) is 0. The van der Waals surface area contributed by atoms with E-state index in [0.717, 1.165) is 4.47 Å². The Morgan fingerprint density at radius 3 is 2.37 bits per heavy atom. The molecule has 0 amide bonds. The van der Waals surface area contributed by atoms with Gasteiger partial charge in [-0.25, -0.2) is 0 Å². The monoisotopic (exact) mass is 330 g/mol. The third-order valence-electron chi connectivity index (χ3n) is 3.49. The summed E-state index contributed by atoms with van der Waals surface area (Å²) >= 11 is 5.42. The summed E-state index contributed by atoms with van der Waals surface area (Å²) in [4.78, 5) is 0. The molecule has 0 aliphatic carbocycles. The van der Waals surface area contributed by atoms with Crippen molar-refractivity contribution in [3.8, 4) is 0 Å². The summed E-state index contributed by atoms with van der Waals surface area (Å²) < 4.78 is 1.15. The van der Waals surface area contributed by atoms with Crippen molar-refractivity contribution in [1.29, 1.82) is 0 Å². The van der Waals surface area contributed by atoms with Crippen LogP contribution in [-0.2, 0) is 0 Å². The second kappa shape index (κ2) is 5.98. The third-order valence-corrected chi connectivity index (χ3v) is 5.13. The molecule has 1 aliphatic rings. The molecule has 2 heteroatoms. The molecule has 0 N–H and O–H groups in total. The van der Waals surface area contributed by atoms with Gasteiger partial charge < -0.3 is 0 Å². The molecule has 0 saturated carbocycles. The zero-order valence-corrected chi connectivity index (χ0v) is 12.9. The van der Waals surface area contributed by atoms with Crippen molar-refractivity contribution in [3.05, 3.63) is 81.7 Å². The minimum Gasteiger partial charge on any atom is -0.126 e. The Morgan fingerprint density at radius 1 is 0.895 bits per heavy atom. The van der Waals surface area contributed by atoms with Crippen LogP contribution in [0.3, 0.4) is 0 Å². The van der Waals surface area contributed by atoms with Gasteiger partial charge in [-0.15, -0.1) is 11.8 Å². The average molecular weight is 331 g/mol. The first-order chi connectivity index (χ1) is 9.33. The van der Waals surface area contributed by atoms with E-state index in [0.29, 0.717) is 11.2 Å². The Morgan fingerprint density at radius 2 is 1.63 bits per heavy atom. The highest BCUT2D eigenvalue weighted by Gasteiger charge is 2.21. The van der Waals surface area contributed by atoms with Crippen molar-refractivity contribution in [1.82, 2.24) is 0 Å². The van der Waals surface area contributed by atoms with Gasteiger partial charge in [0, 0.05) is 15.6 Å². The van der Waals surface area contributed by atoms with E-state index in [1.807, 2.05) is 11.8 Å². The van der Waals surface area contributed by atoms with E-state index in [9.17, 15) is 0 Å². The van der Waals surface area contributed by atoms with Crippen LogP contribution in [0.2, 0.25) is 0 Å². The minimum absolute atomic E-state index is 0.538. The van der Waals surface area contributed by atoms with Crippen molar-refractivity contribution in [3.63, 3.8) is 0 Å². The van der Waals surface area contributed by atoms with Crippen LogP contribution in [0.15, 0.2) is 70.6 Å². The van der Waals surface area contributed by atoms with Crippen LogP contribution in [0.1, 0.15) is 28.7 Å². The van der Waals surface area contributed by atoms with E-state index in [1.165, 1.54) is 17.5 Å². The maximum absolute atomic E-state index is 3.50. The maximum Gasteiger partial charge on any atom is 0.0347 e. The molecule has 0 bridgehead atoms. The standard InChI is InChI=1S/C17H15BrS/c18-16-8-6-14(7-9-16)17-12-15(10-11-19-17)13-4-2-1-3-5-13/h1-11,15,17H,12H2/t15-,17+/m0/s1. The van der Waals surface area contributed by atoms with Gasteiger partial charge in [0.15, 0.2) is 0 Å². The predicted molar refractivity (Wildman–Crippen MR) is 87.4 cm³/mol. The lowest BCUT2D eigenvalue weighted by molar-refractivity contribution is 0.718. The summed E-state index contributed by atoms with van der Waals surface area (Å²) in [5.74, 6) is 0.538. The quantitative estimate of drug-likeness (QED) is 0.658. The molecule has 2 aromatic carbocycles. The lowest BCUT2D eigenvalue weighted by Crippen LogP contribution is -2.05. The molecule has 1 aliphatic heterocycles. The van der Waals surface area contributed by atoms with Crippen molar-refractivity contribution >= 4 is 27.7 Å². The number of thioether (sulfide) groups is 1. The molecule has 96 valence electrons. The normalized spacial score (nSPS) is 22.4. The van der Waals surface area contributed by atoms with E-state index < -0.39 is 0 Å². The highest BCUT2D eigenvalue weighted by molar-refractivity contribution is 9.10. The lowest BCUT2D eigenvalue weighted by atomic mass is 9.92. The molecule has 0 radical (unpaired) electrons. The van der Waals surface area contributed by atoms with Gasteiger partial charge in [-0.1, -0.05) is 64.5 Å². The summed E-state index contributed by atoms with van der Waals surface area (Å²) in [6.07, 6.45) is 3.50. The largest absolute Gasteiger partial charge is 0.126 e. The van der Waals surface area contributed by atoms with Crippen LogP contribution in [-0.4, -0.2) is 0 Å². The van der Waals surface area contributed by atoms with Crippen LogP contribution in [0, 0.1) is 0 Å². The molecule has 0 aromatic heterocycles. The van der Waals surface area contributed by atoms with Crippen molar-refractivity contribution in [2.75, 3.05) is 0 Å². The second-order valence-corrected chi connectivity index (χ2v) is 6.79. The van der Waals surface area contributed by atoms with E-state index in [2.05, 4.69) is 82.0 Å². The van der Waals surface area contributed by atoms with Crippen LogP contribution in [0.25, 0.3) is 0 Å². The van der Waals surface area contributed by atoms with Gasteiger partial charge >= 0.3 is 0 Å². The fourth-order valence-electron chi connectivity index (χ4n) is 2.44. The molecule has 0 unspecified atom stereocenters. The van der Waals surface area contributed by atoms with Crippen molar-refractivity contribution in [2.45, 2.75) is 17.6 Å². The summed E-state index contributed by atoms with van der Waals surface area (Å²) in [5, 5.41) is 2.82. The third kappa shape index (κ3) is 3.13. The highest BCUT2D eigenvalue weighted by atomic mass is 79.9. The van der Waals surface area contributed by atoms with Gasteiger partial charge in [-0.2, -0.15) is 0 Å². The maximum atomic E-state index is 3.50. The molecule has 0 spiro atoms. The molecule has 1 heterocycles.